The molecule has 0 heterocycles. The van der Waals surface area contributed by atoms with E-state index in [1.54, 1.807) is 0 Å². The molecule has 70 valence electrons. The van der Waals surface area contributed by atoms with E-state index in [0.29, 0.717) is 6.04 Å². The highest BCUT2D eigenvalue weighted by Crippen LogP contribution is 2.18. The van der Waals surface area contributed by atoms with Crippen LogP contribution in [-0.4, -0.2) is 23.2 Å². The Kier molecular flexibility index (Phi) is 3.53. The van der Waals surface area contributed by atoms with Gasteiger partial charge in [-0.25, -0.2) is 0 Å². The summed E-state index contributed by atoms with van der Waals surface area (Å²) in [7, 11) is 0. The van der Waals surface area contributed by atoms with Gasteiger partial charge < -0.3 is 10.4 Å². The van der Waals surface area contributed by atoms with E-state index >= 15 is 0 Å². The van der Waals surface area contributed by atoms with Crippen molar-refractivity contribution >= 4 is 5.97 Å². The van der Waals surface area contributed by atoms with Gasteiger partial charge in [-0.05, 0) is 19.8 Å². The molecule has 1 rings (SSSR count). The van der Waals surface area contributed by atoms with Gasteiger partial charge in [0.2, 0.25) is 0 Å². The maximum Gasteiger partial charge on any atom is 0.304 e. The van der Waals surface area contributed by atoms with Crippen molar-refractivity contribution in [3.8, 4) is 0 Å². The Morgan fingerprint density at radius 1 is 1.58 bits per heavy atom. The summed E-state index contributed by atoms with van der Waals surface area (Å²) in [6, 6.07) is 0.685. The van der Waals surface area contributed by atoms with Crippen molar-refractivity contribution in [2.45, 2.75) is 51.1 Å². The zero-order valence-electron chi connectivity index (χ0n) is 7.55. The molecule has 1 saturated carbocycles. The van der Waals surface area contributed by atoms with Crippen molar-refractivity contribution in [2.24, 2.45) is 0 Å². The van der Waals surface area contributed by atoms with E-state index in [9.17, 15) is 4.79 Å². The number of nitrogens with one attached hydrogen (secondary N) is 1. The predicted octanol–water partition coefficient (Wildman–Crippen LogP) is 1.38. The molecule has 0 bridgehead atoms. The molecule has 1 aliphatic rings. The molecule has 1 unspecified atom stereocenters. The SMILES string of the molecule is CC(CC(=O)O)NC1CCCC1. The first-order valence-corrected chi connectivity index (χ1v) is 4.66. The van der Waals surface area contributed by atoms with Crippen LogP contribution in [0, 0.1) is 0 Å². The second kappa shape index (κ2) is 4.45. The third-order valence-corrected chi connectivity index (χ3v) is 2.36. The van der Waals surface area contributed by atoms with E-state index in [1.165, 1.54) is 25.7 Å². The first-order valence-electron chi connectivity index (χ1n) is 4.66. The molecule has 1 fully saturated rings. The minimum atomic E-state index is -0.715. The van der Waals surface area contributed by atoms with Crippen molar-refractivity contribution < 1.29 is 9.90 Å². The highest BCUT2D eigenvalue weighted by molar-refractivity contribution is 5.67. The van der Waals surface area contributed by atoms with Crippen LogP contribution in [0.4, 0.5) is 0 Å². The molecule has 0 aromatic rings. The summed E-state index contributed by atoms with van der Waals surface area (Å²) in [5.74, 6) is -0.715. The van der Waals surface area contributed by atoms with E-state index in [1.807, 2.05) is 6.92 Å². The number of rotatable bonds is 4. The standard InChI is InChI=1S/C9H17NO2/c1-7(6-9(11)12)10-8-4-2-3-5-8/h7-8,10H,2-6H2,1H3,(H,11,12). The maximum atomic E-state index is 10.3. The number of hydrogen-bond acceptors (Lipinski definition) is 2. The minimum absolute atomic E-state index is 0.116. The van der Waals surface area contributed by atoms with E-state index in [4.69, 9.17) is 5.11 Å². The number of aliphatic carboxylic acids is 1. The Hall–Kier alpha value is -0.570. The molecule has 0 amide bonds. The monoisotopic (exact) mass is 171 g/mol. The van der Waals surface area contributed by atoms with Gasteiger partial charge in [-0.3, -0.25) is 4.79 Å². The van der Waals surface area contributed by atoms with Crippen LogP contribution in [0.2, 0.25) is 0 Å². The molecule has 3 heteroatoms. The summed E-state index contributed by atoms with van der Waals surface area (Å²) < 4.78 is 0. The molecule has 3 nitrogen and oxygen atoms in total. The zero-order chi connectivity index (χ0) is 8.97. The minimum Gasteiger partial charge on any atom is -0.481 e. The molecule has 12 heavy (non-hydrogen) atoms. The summed E-state index contributed by atoms with van der Waals surface area (Å²) in [5.41, 5.74) is 0. The van der Waals surface area contributed by atoms with Crippen LogP contribution in [-0.2, 0) is 4.79 Å². The van der Waals surface area contributed by atoms with Crippen LogP contribution in [0.5, 0.6) is 0 Å². The lowest BCUT2D eigenvalue weighted by Crippen LogP contribution is -2.35. The molecule has 0 saturated heterocycles. The number of carboxylic acid groups (broad SMARTS) is 1. The summed E-state index contributed by atoms with van der Waals surface area (Å²) in [6.07, 6.45) is 5.24. The van der Waals surface area contributed by atoms with Crippen LogP contribution in [0.15, 0.2) is 0 Å². The summed E-state index contributed by atoms with van der Waals surface area (Å²) in [6.45, 7) is 1.94. The molecule has 0 aliphatic heterocycles. The van der Waals surface area contributed by atoms with E-state index in [-0.39, 0.29) is 12.5 Å². The lowest BCUT2D eigenvalue weighted by Gasteiger charge is -2.17. The normalized spacial score (nSPS) is 21.1. The third kappa shape index (κ3) is 3.22. The number of carboxylic acids is 1. The van der Waals surface area contributed by atoms with Gasteiger partial charge in [0.25, 0.3) is 0 Å². The molecule has 0 aromatic heterocycles. The fourth-order valence-electron chi connectivity index (χ4n) is 1.82. The van der Waals surface area contributed by atoms with Crippen molar-refractivity contribution in [1.29, 1.82) is 0 Å². The zero-order valence-corrected chi connectivity index (χ0v) is 7.55. The summed E-state index contributed by atoms with van der Waals surface area (Å²) in [4.78, 5) is 10.3. The van der Waals surface area contributed by atoms with Gasteiger partial charge in [-0.1, -0.05) is 12.8 Å². The van der Waals surface area contributed by atoms with Gasteiger partial charge in [-0.2, -0.15) is 0 Å². The van der Waals surface area contributed by atoms with Gasteiger partial charge in [-0.15, -0.1) is 0 Å². The average molecular weight is 171 g/mol. The van der Waals surface area contributed by atoms with Crippen LogP contribution < -0.4 is 5.32 Å². The average Bonchev–Trinajstić information content (AvgIpc) is 2.37. The Labute approximate surface area is 73.2 Å². The molecular weight excluding hydrogens is 154 g/mol. The lowest BCUT2D eigenvalue weighted by atomic mass is 10.2. The Bertz CT molecular complexity index is 153. The topological polar surface area (TPSA) is 49.3 Å². The van der Waals surface area contributed by atoms with Gasteiger partial charge >= 0.3 is 5.97 Å². The Morgan fingerprint density at radius 3 is 2.67 bits per heavy atom. The molecule has 2 N–H and O–H groups in total. The fraction of sp³-hybridized carbons (Fsp3) is 0.889. The second-order valence-corrected chi connectivity index (χ2v) is 3.65. The third-order valence-electron chi connectivity index (χ3n) is 2.36. The van der Waals surface area contributed by atoms with E-state index in [2.05, 4.69) is 5.32 Å². The van der Waals surface area contributed by atoms with Crippen molar-refractivity contribution in [1.82, 2.24) is 5.32 Å². The predicted molar refractivity (Wildman–Crippen MR) is 47.1 cm³/mol. The maximum absolute atomic E-state index is 10.3. The van der Waals surface area contributed by atoms with Crippen LogP contribution >= 0.6 is 0 Å². The van der Waals surface area contributed by atoms with Crippen molar-refractivity contribution in [3.05, 3.63) is 0 Å². The summed E-state index contributed by atoms with van der Waals surface area (Å²) >= 11 is 0. The van der Waals surface area contributed by atoms with Gasteiger partial charge in [0.15, 0.2) is 0 Å². The highest BCUT2D eigenvalue weighted by Gasteiger charge is 2.17. The highest BCUT2D eigenvalue weighted by atomic mass is 16.4. The molecular formula is C9H17NO2. The van der Waals surface area contributed by atoms with Crippen molar-refractivity contribution in [3.63, 3.8) is 0 Å². The van der Waals surface area contributed by atoms with E-state index in [0.717, 1.165) is 0 Å². The molecule has 0 radical (unpaired) electrons. The van der Waals surface area contributed by atoms with Crippen LogP contribution in [0.25, 0.3) is 0 Å². The quantitative estimate of drug-likeness (QED) is 0.672. The van der Waals surface area contributed by atoms with Crippen LogP contribution in [0.1, 0.15) is 39.0 Å². The first kappa shape index (κ1) is 9.52. The Balaban J connectivity index is 2.16. The molecule has 0 aromatic carbocycles. The molecule has 1 aliphatic carbocycles. The first-order chi connectivity index (χ1) is 5.68. The number of hydrogen-bond donors (Lipinski definition) is 2. The smallest absolute Gasteiger partial charge is 0.304 e. The summed E-state index contributed by atoms with van der Waals surface area (Å²) in [5, 5.41) is 11.8. The van der Waals surface area contributed by atoms with Gasteiger partial charge in [0.05, 0.1) is 6.42 Å². The van der Waals surface area contributed by atoms with Crippen LogP contribution in [0.3, 0.4) is 0 Å². The van der Waals surface area contributed by atoms with Gasteiger partial charge in [0.1, 0.15) is 0 Å². The second-order valence-electron chi connectivity index (χ2n) is 3.65. The lowest BCUT2D eigenvalue weighted by molar-refractivity contribution is -0.137. The van der Waals surface area contributed by atoms with Crippen molar-refractivity contribution in [2.75, 3.05) is 0 Å². The largest absolute Gasteiger partial charge is 0.481 e. The molecule has 0 spiro atoms. The fourth-order valence-corrected chi connectivity index (χ4v) is 1.82. The Morgan fingerprint density at radius 2 is 2.17 bits per heavy atom. The number of carbonyl (C=O) groups is 1. The van der Waals surface area contributed by atoms with Gasteiger partial charge in [0, 0.05) is 12.1 Å². The molecule has 1 atom stereocenters. The van der Waals surface area contributed by atoms with E-state index < -0.39 is 5.97 Å².